The average Bonchev–Trinajstić information content (AvgIpc) is 0. The molecule has 0 aromatic heterocycles. The summed E-state index contributed by atoms with van der Waals surface area (Å²) in [7, 11) is 0. The largest absolute Gasteiger partial charge is 0 e. The molecule has 0 aromatic carbocycles. The van der Waals surface area contributed by atoms with Gasteiger partial charge in [0, 0.05) is 50.3 Å². The summed E-state index contributed by atoms with van der Waals surface area (Å²) in [4.78, 5) is 0. The Morgan fingerprint density at radius 3 is 1.00 bits per heavy atom. The van der Waals surface area contributed by atoms with Gasteiger partial charge in [-0.2, -0.15) is 0 Å². The first-order valence-corrected chi connectivity index (χ1v) is 0. The molecule has 0 rings (SSSR count). The fourth-order valence-electron chi connectivity index (χ4n) is 0. The molecule has 0 nitrogen and oxygen atoms in total. The molecule has 0 saturated heterocycles. The van der Waals surface area contributed by atoms with Crippen LogP contribution in [0.15, 0.2) is 0 Å². The van der Waals surface area contributed by atoms with Crippen LogP contribution in [0.2, 0.25) is 0 Å². The van der Waals surface area contributed by atoms with Gasteiger partial charge < -0.3 is 0 Å². The van der Waals surface area contributed by atoms with Gasteiger partial charge in [0.1, 0.15) is 0 Å². The van der Waals surface area contributed by atoms with Crippen molar-refractivity contribution >= 4 is 25.8 Å². The van der Waals surface area contributed by atoms with E-state index < -0.39 is 0 Å². The molecule has 0 aliphatic heterocycles. The number of hydrogen-bond donors (Lipinski definition) is 0. The maximum atomic E-state index is 0. The first-order valence-electron chi connectivity index (χ1n) is 0. The van der Waals surface area contributed by atoms with Gasteiger partial charge in [-0.25, -0.2) is 0 Å². The van der Waals surface area contributed by atoms with E-state index in [9.17, 15) is 0 Å². The molecule has 2 radical (unpaired) electrons. The quantitative estimate of drug-likeness (QED) is 0.492. The van der Waals surface area contributed by atoms with E-state index in [0.29, 0.717) is 0 Å². The number of hydrogen-bond acceptors (Lipinski definition) is 0. The Balaban J connectivity index is 0. The van der Waals surface area contributed by atoms with Crippen molar-refractivity contribution in [1.82, 2.24) is 0 Å². The summed E-state index contributed by atoms with van der Waals surface area (Å²) in [5, 5.41) is 0. The van der Waals surface area contributed by atoms with E-state index in [1.54, 1.807) is 0 Å². The second kappa shape index (κ2) is 18.2. The molecule has 0 saturated carbocycles. The van der Waals surface area contributed by atoms with Crippen LogP contribution in [-0.2, 0) is 50.3 Å². The van der Waals surface area contributed by atoms with Crippen molar-refractivity contribution in [2.75, 3.05) is 0 Å². The molecular formula is H3CoInMnNi. The van der Waals surface area contributed by atoms with Crippen LogP contribution < -0.4 is 0 Å². The zero-order chi connectivity index (χ0) is 0. The summed E-state index contributed by atoms with van der Waals surface area (Å²) in [5.41, 5.74) is 0. The smallest absolute Gasteiger partial charge is 0 e. The second-order valence-corrected chi connectivity index (χ2v) is 0. The molecule has 0 spiro atoms. The van der Waals surface area contributed by atoms with Crippen LogP contribution in [0.4, 0.5) is 0 Å². The molecule has 0 heterocycles. The third-order valence-corrected chi connectivity index (χ3v) is 0. The van der Waals surface area contributed by atoms with E-state index in [0.717, 1.165) is 0 Å². The summed E-state index contributed by atoms with van der Waals surface area (Å²) >= 11 is 0. The Hall–Kier alpha value is 2.39. The first-order chi connectivity index (χ1) is 0. The minimum atomic E-state index is 0. The molecule has 0 aliphatic carbocycles. The van der Waals surface area contributed by atoms with E-state index in [2.05, 4.69) is 0 Å². The van der Waals surface area contributed by atoms with Crippen LogP contribution in [0.5, 0.6) is 0 Å². The van der Waals surface area contributed by atoms with Gasteiger partial charge in [0.25, 0.3) is 0 Å². The second-order valence-electron chi connectivity index (χ2n) is 0. The molecule has 0 fully saturated rings. The third kappa shape index (κ3) is 8.83. The number of rotatable bonds is 0. The van der Waals surface area contributed by atoms with Crippen molar-refractivity contribution in [3.63, 3.8) is 0 Å². The molecule has 32 valence electrons. The van der Waals surface area contributed by atoms with Crippen molar-refractivity contribution in [2.24, 2.45) is 0 Å². The van der Waals surface area contributed by atoms with E-state index in [-0.39, 0.29) is 76.2 Å². The summed E-state index contributed by atoms with van der Waals surface area (Å²) in [6.07, 6.45) is 0. The molecule has 0 atom stereocenters. The zero-order valence-electron chi connectivity index (χ0n) is 1.03. The molecule has 0 amide bonds. The van der Waals surface area contributed by atoms with Gasteiger partial charge in [-0.3, -0.25) is 0 Å². The van der Waals surface area contributed by atoms with Crippen LogP contribution in [0.25, 0.3) is 0 Å². The van der Waals surface area contributed by atoms with Crippen LogP contribution in [0, 0.1) is 0 Å². The summed E-state index contributed by atoms with van der Waals surface area (Å²) in [6.45, 7) is 0. The molecular weight excluding hydrogens is 287 g/mol. The standard InChI is InChI=1S/Co.In.Mn.Ni.3H. The Kier molecular flexibility index (Phi) is 148. The van der Waals surface area contributed by atoms with Gasteiger partial charge in [0.2, 0.25) is 0 Å². The Bertz CT molecular complexity index is 8.00. The topological polar surface area (TPSA) is 0 Å². The van der Waals surface area contributed by atoms with E-state index >= 15 is 0 Å². The predicted molar refractivity (Wildman–Crippen MR) is 9.94 cm³/mol. The summed E-state index contributed by atoms with van der Waals surface area (Å²) in [6, 6.07) is 0. The monoisotopic (exact) mass is 290 g/mol. The van der Waals surface area contributed by atoms with Gasteiger partial charge in [-0.15, -0.1) is 0 Å². The predicted octanol–water partition coefficient (Wildman–Crippen LogP) is -1.19. The molecule has 0 unspecified atom stereocenters. The van der Waals surface area contributed by atoms with E-state index in [4.69, 9.17) is 0 Å². The van der Waals surface area contributed by atoms with Crippen LogP contribution in [0.3, 0.4) is 0 Å². The SMILES string of the molecule is [Co].[InH3].[Mn].[Ni]. The minimum Gasteiger partial charge on any atom is 0 e. The van der Waals surface area contributed by atoms with E-state index in [1.807, 2.05) is 0 Å². The van der Waals surface area contributed by atoms with Crippen molar-refractivity contribution in [3.8, 4) is 0 Å². The van der Waals surface area contributed by atoms with Crippen LogP contribution in [-0.4, -0.2) is 25.8 Å². The maximum absolute atomic E-state index is 0. The fraction of sp³-hybridized carbons (Fsp3) is 0. The van der Waals surface area contributed by atoms with Crippen molar-refractivity contribution in [3.05, 3.63) is 0 Å². The molecule has 0 bridgehead atoms. The Morgan fingerprint density at radius 2 is 1.00 bits per heavy atom. The van der Waals surface area contributed by atoms with Gasteiger partial charge >= 0.3 is 25.8 Å². The summed E-state index contributed by atoms with van der Waals surface area (Å²) in [5.74, 6) is 0. The van der Waals surface area contributed by atoms with Crippen molar-refractivity contribution in [1.29, 1.82) is 0 Å². The van der Waals surface area contributed by atoms with Crippen molar-refractivity contribution < 1.29 is 50.3 Å². The average molecular weight is 290 g/mol. The fourth-order valence-corrected chi connectivity index (χ4v) is 0. The molecule has 0 aromatic rings. The van der Waals surface area contributed by atoms with Gasteiger partial charge in [0.15, 0.2) is 0 Å². The normalized spacial score (nSPS) is 0. The molecule has 0 aliphatic rings. The van der Waals surface area contributed by atoms with Crippen molar-refractivity contribution in [2.45, 2.75) is 0 Å². The van der Waals surface area contributed by atoms with Gasteiger partial charge in [0.05, 0.1) is 0 Å². The molecule has 4 heteroatoms. The third-order valence-electron chi connectivity index (χ3n) is 0. The Morgan fingerprint density at radius 1 is 1.00 bits per heavy atom. The molecule has 0 N–H and O–H groups in total. The molecule has 4 heavy (non-hydrogen) atoms. The summed E-state index contributed by atoms with van der Waals surface area (Å²) < 4.78 is 0. The van der Waals surface area contributed by atoms with Gasteiger partial charge in [-0.05, 0) is 0 Å². The maximum Gasteiger partial charge on any atom is 0 e. The van der Waals surface area contributed by atoms with Gasteiger partial charge in [-0.1, -0.05) is 0 Å². The first kappa shape index (κ1) is 32.5. The van der Waals surface area contributed by atoms with Crippen LogP contribution in [0.1, 0.15) is 0 Å². The zero-order valence-corrected chi connectivity index (χ0v) is 4.24. The minimum absolute atomic E-state index is 0. The van der Waals surface area contributed by atoms with Crippen LogP contribution >= 0.6 is 0 Å². The Labute approximate surface area is 75.2 Å². The van der Waals surface area contributed by atoms with E-state index in [1.165, 1.54) is 0 Å².